The molecule has 1 aliphatic carbocycles. The molecule has 2 saturated heterocycles. The summed E-state index contributed by atoms with van der Waals surface area (Å²) in [5, 5.41) is 17.5. The molecule has 3 aromatic rings. The maximum atomic E-state index is 13.8. The number of carbonyl (C=O) groups excluding carboxylic acids is 3. The number of nitrogens with one attached hydrogen (secondary N) is 2. The van der Waals surface area contributed by atoms with Crippen molar-refractivity contribution in [1.29, 1.82) is 0 Å². The molecule has 14 nitrogen and oxygen atoms in total. The summed E-state index contributed by atoms with van der Waals surface area (Å²) in [6.45, 7) is 9.29. The lowest BCUT2D eigenvalue weighted by Gasteiger charge is -2.36. The highest BCUT2D eigenvalue weighted by Crippen LogP contribution is 2.57. The Hall–Kier alpha value is -4.62. The van der Waals surface area contributed by atoms with Crippen LogP contribution in [0.1, 0.15) is 55.8 Å². The first-order valence-corrected chi connectivity index (χ1v) is 15.8. The summed E-state index contributed by atoms with van der Waals surface area (Å²) in [5.74, 6) is 2.16. The SMILES string of the molecule is CCCCOC(=O)N1CCN(C(=O)[C@@H](NC(=O)c2cc(N3C[C@@H]4C(c5nn[nH]n5)[C@@H]4C3)nc(-c3ccccc3)n2)C(C)C)CC1. The number of H-pyrrole nitrogens is 1. The first-order chi connectivity index (χ1) is 21.8. The quantitative estimate of drug-likeness (QED) is 0.323. The molecule has 0 spiro atoms. The van der Waals surface area contributed by atoms with Crippen molar-refractivity contribution in [2.24, 2.45) is 17.8 Å². The number of tetrazole rings is 1. The summed E-state index contributed by atoms with van der Waals surface area (Å²) in [7, 11) is 0. The van der Waals surface area contributed by atoms with Crippen LogP contribution in [0.5, 0.6) is 0 Å². The van der Waals surface area contributed by atoms with Crippen LogP contribution in [0, 0.1) is 17.8 Å². The maximum Gasteiger partial charge on any atom is 0.409 e. The Labute approximate surface area is 261 Å². The average Bonchev–Trinajstić information content (AvgIpc) is 3.40. The molecule has 45 heavy (non-hydrogen) atoms. The van der Waals surface area contributed by atoms with Gasteiger partial charge in [-0.3, -0.25) is 9.59 Å². The van der Waals surface area contributed by atoms with E-state index in [0.29, 0.717) is 56.3 Å². The van der Waals surface area contributed by atoms with Crippen molar-refractivity contribution >= 4 is 23.7 Å². The number of amides is 3. The first kappa shape index (κ1) is 30.4. The summed E-state index contributed by atoms with van der Waals surface area (Å²) < 4.78 is 5.33. The third-order valence-electron chi connectivity index (χ3n) is 8.95. The van der Waals surface area contributed by atoms with Crippen molar-refractivity contribution < 1.29 is 19.1 Å². The molecular formula is C31H40N10O4. The molecule has 3 fully saturated rings. The Morgan fingerprint density at radius 2 is 1.73 bits per heavy atom. The highest BCUT2D eigenvalue weighted by molar-refractivity contribution is 5.97. The highest BCUT2D eigenvalue weighted by atomic mass is 16.6. The molecule has 0 bridgehead atoms. The molecule has 0 radical (unpaired) electrons. The van der Waals surface area contributed by atoms with E-state index < -0.39 is 11.9 Å². The van der Waals surface area contributed by atoms with Gasteiger partial charge in [-0.1, -0.05) is 62.7 Å². The Kier molecular flexibility index (Phi) is 8.90. The number of nitrogens with zero attached hydrogens (tertiary/aromatic N) is 8. The van der Waals surface area contributed by atoms with Gasteiger partial charge < -0.3 is 24.8 Å². The summed E-state index contributed by atoms with van der Waals surface area (Å²) >= 11 is 0. The molecule has 14 heteroatoms. The van der Waals surface area contributed by atoms with Crippen LogP contribution >= 0.6 is 0 Å². The van der Waals surface area contributed by atoms with Gasteiger partial charge in [-0.15, -0.1) is 10.2 Å². The zero-order valence-electron chi connectivity index (χ0n) is 25.9. The minimum atomic E-state index is -0.755. The molecule has 1 saturated carbocycles. The van der Waals surface area contributed by atoms with Gasteiger partial charge in [-0.2, -0.15) is 5.21 Å². The van der Waals surface area contributed by atoms with Crippen LogP contribution in [-0.4, -0.2) is 110 Å². The normalized spacial score (nSPS) is 21.4. The van der Waals surface area contributed by atoms with Crippen LogP contribution in [0.4, 0.5) is 10.6 Å². The molecule has 1 unspecified atom stereocenters. The van der Waals surface area contributed by atoms with Gasteiger partial charge >= 0.3 is 6.09 Å². The van der Waals surface area contributed by atoms with Crippen LogP contribution in [0.2, 0.25) is 0 Å². The van der Waals surface area contributed by atoms with Crippen LogP contribution in [-0.2, 0) is 9.53 Å². The summed E-state index contributed by atoms with van der Waals surface area (Å²) in [6.07, 6.45) is 1.42. The standard InChI is InChI=1S/C31H40N10O4/c1-4-5-15-45-31(44)40-13-11-39(12-14-40)30(43)26(19(2)3)34-29(42)23-16-24(33-27(32-23)20-9-7-6-8-10-20)41-17-21-22(18-41)25(21)28-35-37-38-36-28/h6-10,16,19,21-22,25-26H,4-5,11-15,17-18H2,1-3H3,(H,34,42)(H,35,36,37,38)/t21-,22+,25?,26-/m0/s1. The van der Waals surface area contributed by atoms with E-state index in [4.69, 9.17) is 9.72 Å². The number of rotatable bonds is 10. The van der Waals surface area contributed by atoms with Gasteiger partial charge in [0.2, 0.25) is 5.91 Å². The second-order valence-corrected chi connectivity index (χ2v) is 12.3. The Morgan fingerprint density at radius 1 is 1.02 bits per heavy atom. The minimum Gasteiger partial charge on any atom is -0.449 e. The molecule has 2 aliphatic heterocycles. The second-order valence-electron chi connectivity index (χ2n) is 12.3. The fraction of sp³-hybridized carbons (Fsp3) is 0.548. The predicted molar refractivity (Wildman–Crippen MR) is 164 cm³/mol. The number of piperidine rings is 1. The number of benzene rings is 1. The highest BCUT2D eigenvalue weighted by Gasteiger charge is 2.58. The molecule has 238 valence electrons. The number of unbranched alkanes of at least 4 members (excludes halogenated alkanes) is 1. The zero-order chi connectivity index (χ0) is 31.5. The minimum absolute atomic E-state index is 0.166. The van der Waals surface area contributed by atoms with E-state index in [1.165, 1.54) is 0 Å². The monoisotopic (exact) mass is 616 g/mol. The van der Waals surface area contributed by atoms with Gasteiger partial charge in [0.15, 0.2) is 11.6 Å². The summed E-state index contributed by atoms with van der Waals surface area (Å²) in [5.41, 5.74) is 0.997. The van der Waals surface area contributed by atoms with Crippen LogP contribution in [0.3, 0.4) is 0 Å². The number of aromatic nitrogens is 6. The summed E-state index contributed by atoms with van der Waals surface area (Å²) in [4.78, 5) is 54.8. The Balaban J connectivity index is 1.15. The number of hydrogen-bond acceptors (Lipinski definition) is 10. The van der Waals surface area contributed by atoms with E-state index in [0.717, 1.165) is 37.3 Å². The third kappa shape index (κ3) is 6.59. The number of anilines is 1. The van der Waals surface area contributed by atoms with Crippen molar-refractivity contribution in [3.05, 3.63) is 47.9 Å². The van der Waals surface area contributed by atoms with Crippen LogP contribution in [0.25, 0.3) is 11.4 Å². The number of carbonyl (C=O) groups is 3. The molecule has 3 aliphatic rings. The van der Waals surface area contributed by atoms with Crippen molar-refractivity contribution in [3.63, 3.8) is 0 Å². The topological polar surface area (TPSA) is 162 Å². The van der Waals surface area contributed by atoms with Gasteiger partial charge in [0.05, 0.1) is 6.61 Å². The van der Waals surface area contributed by atoms with Gasteiger partial charge in [-0.05, 0) is 24.2 Å². The van der Waals surface area contributed by atoms with E-state index in [9.17, 15) is 14.4 Å². The Bertz CT molecular complexity index is 1480. The number of hydrogen-bond donors (Lipinski definition) is 2. The number of aromatic amines is 1. The first-order valence-electron chi connectivity index (χ1n) is 15.8. The molecule has 6 rings (SSSR count). The molecule has 1 aromatic carbocycles. The molecule has 3 amide bonds. The van der Waals surface area contributed by atoms with Crippen molar-refractivity contribution in [3.8, 4) is 11.4 Å². The molecule has 4 atom stereocenters. The maximum absolute atomic E-state index is 13.8. The van der Waals surface area contributed by atoms with Crippen molar-refractivity contribution in [1.82, 2.24) is 45.7 Å². The van der Waals surface area contributed by atoms with Gasteiger partial charge in [-0.25, -0.2) is 14.8 Å². The number of ether oxygens (including phenoxy) is 1. The average molecular weight is 617 g/mol. The Morgan fingerprint density at radius 3 is 2.38 bits per heavy atom. The lowest BCUT2D eigenvalue weighted by Crippen LogP contribution is -2.57. The smallest absolute Gasteiger partial charge is 0.409 e. The molecule has 2 N–H and O–H groups in total. The summed E-state index contributed by atoms with van der Waals surface area (Å²) in [6, 6.07) is 10.5. The zero-order valence-corrected chi connectivity index (χ0v) is 25.9. The number of piperazine rings is 1. The largest absolute Gasteiger partial charge is 0.449 e. The van der Waals surface area contributed by atoms with E-state index in [1.54, 1.807) is 15.9 Å². The van der Waals surface area contributed by atoms with Gasteiger partial charge in [0.1, 0.15) is 17.6 Å². The fourth-order valence-electron chi connectivity index (χ4n) is 6.27. The molecule has 4 heterocycles. The third-order valence-corrected chi connectivity index (χ3v) is 8.95. The predicted octanol–water partition coefficient (Wildman–Crippen LogP) is 2.34. The number of fused-ring (bicyclic) bond motifs is 1. The lowest BCUT2D eigenvalue weighted by atomic mass is 10.0. The van der Waals surface area contributed by atoms with Crippen LogP contribution < -0.4 is 10.2 Å². The van der Waals surface area contributed by atoms with Crippen molar-refractivity contribution in [2.75, 3.05) is 50.8 Å². The van der Waals surface area contributed by atoms with Gasteiger partial charge in [0, 0.05) is 56.8 Å². The molecular weight excluding hydrogens is 576 g/mol. The lowest BCUT2D eigenvalue weighted by molar-refractivity contribution is -0.135. The van der Waals surface area contributed by atoms with Gasteiger partial charge in [0.25, 0.3) is 5.91 Å². The van der Waals surface area contributed by atoms with Crippen molar-refractivity contribution in [2.45, 2.75) is 45.6 Å². The van der Waals surface area contributed by atoms with E-state index in [2.05, 4.69) is 35.8 Å². The van der Waals surface area contributed by atoms with E-state index in [-0.39, 0.29) is 29.5 Å². The van der Waals surface area contributed by atoms with Crippen LogP contribution in [0.15, 0.2) is 36.4 Å². The fourth-order valence-corrected chi connectivity index (χ4v) is 6.27. The second kappa shape index (κ2) is 13.2. The van der Waals surface area contributed by atoms with E-state index >= 15 is 0 Å². The van der Waals surface area contributed by atoms with E-state index in [1.807, 2.05) is 51.1 Å². The molecule has 2 aromatic heterocycles.